The van der Waals surface area contributed by atoms with Gasteiger partial charge in [0.1, 0.15) is 0 Å². The molecule has 3 aliphatic rings. The van der Waals surface area contributed by atoms with E-state index in [1.165, 1.54) is 120 Å². The van der Waals surface area contributed by atoms with Crippen LogP contribution in [-0.4, -0.2) is 0 Å². The van der Waals surface area contributed by atoms with E-state index in [2.05, 4.69) is 194 Å². The van der Waals surface area contributed by atoms with Crippen LogP contribution in [-0.2, 0) is 5.41 Å². The first kappa shape index (κ1) is 30.6. The predicted octanol–water partition coefficient (Wildman–Crippen LogP) is 15.0. The van der Waals surface area contributed by atoms with E-state index in [0.29, 0.717) is 0 Å². The Labute approximate surface area is 329 Å². The van der Waals surface area contributed by atoms with Gasteiger partial charge in [-0.3, -0.25) is 0 Å². The van der Waals surface area contributed by atoms with E-state index in [9.17, 15) is 0 Å². The fourth-order valence-corrected chi connectivity index (χ4v) is 11.8. The monoisotopic (exact) mass is 724 g/mol. The Morgan fingerprint density at radius 2 is 0.893 bits per heavy atom. The molecule has 10 aromatic carbocycles. The van der Waals surface area contributed by atoms with Crippen LogP contribution in [0.1, 0.15) is 22.3 Å². The lowest BCUT2D eigenvalue weighted by Crippen LogP contribution is -2.25. The molecule has 0 saturated carbocycles. The third kappa shape index (κ3) is 3.86. The zero-order valence-corrected chi connectivity index (χ0v) is 31.2. The van der Waals surface area contributed by atoms with E-state index in [1.807, 2.05) is 11.8 Å². The molecule has 258 valence electrons. The van der Waals surface area contributed by atoms with E-state index < -0.39 is 5.41 Å². The Kier molecular flexibility index (Phi) is 6.13. The summed E-state index contributed by atoms with van der Waals surface area (Å²) in [5, 5.41) is 7.79. The lowest BCUT2D eigenvalue weighted by Gasteiger charge is -2.31. The highest BCUT2D eigenvalue weighted by molar-refractivity contribution is 7.99. The number of hydrogen-bond acceptors (Lipinski definition) is 1. The molecule has 1 aliphatic heterocycles. The number of hydrogen-bond donors (Lipinski definition) is 0. The Bertz CT molecular complexity index is 3350. The van der Waals surface area contributed by atoms with Crippen molar-refractivity contribution in [2.75, 3.05) is 0 Å². The number of benzene rings is 10. The smallest absolute Gasteiger partial charge is 0.0725 e. The maximum absolute atomic E-state index is 2.53. The Morgan fingerprint density at radius 3 is 1.77 bits per heavy atom. The van der Waals surface area contributed by atoms with E-state index >= 15 is 0 Å². The molecule has 0 N–H and O–H groups in total. The van der Waals surface area contributed by atoms with Gasteiger partial charge in [-0.15, -0.1) is 0 Å². The van der Waals surface area contributed by atoms with E-state index in [1.54, 1.807) is 0 Å². The van der Waals surface area contributed by atoms with Crippen LogP contribution < -0.4 is 0 Å². The SMILES string of the molecule is c1ccc2c(c1)Sc1cccc3ccc(-c4ccc(-c5ccc6c(c5)C5(c7ccccc7-6)c6ccccc6-c6c5ccc5ccccc65)c5ccccc45)c-2c13. The molecule has 0 fully saturated rings. The molecule has 56 heavy (non-hydrogen) atoms. The third-order valence-electron chi connectivity index (χ3n) is 12.9. The van der Waals surface area contributed by atoms with Crippen molar-refractivity contribution in [1.82, 2.24) is 0 Å². The van der Waals surface area contributed by atoms with Gasteiger partial charge in [0.2, 0.25) is 0 Å². The van der Waals surface area contributed by atoms with Gasteiger partial charge in [0.15, 0.2) is 0 Å². The van der Waals surface area contributed by atoms with Crippen molar-refractivity contribution in [2.24, 2.45) is 0 Å². The summed E-state index contributed by atoms with van der Waals surface area (Å²) in [6.07, 6.45) is 0. The second-order valence-corrected chi connectivity index (χ2v) is 16.5. The Hall–Kier alpha value is -6.67. The molecule has 2 aliphatic carbocycles. The van der Waals surface area contributed by atoms with Crippen LogP contribution in [0.5, 0.6) is 0 Å². The van der Waals surface area contributed by atoms with Gasteiger partial charge in [-0.25, -0.2) is 0 Å². The molecule has 1 heteroatoms. The molecule has 1 spiro atoms. The molecule has 13 rings (SSSR count). The van der Waals surface area contributed by atoms with Crippen LogP contribution >= 0.6 is 11.8 Å². The molecule has 1 heterocycles. The minimum atomic E-state index is -0.412. The van der Waals surface area contributed by atoms with E-state index in [0.717, 1.165) is 0 Å². The summed E-state index contributed by atoms with van der Waals surface area (Å²) >= 11 is 1.89. The van der Waals surface area contributed by atoms with E-state index in [4.69, 9.17) is 0 Å². The zero-order chi connectivity index (χ0) is 36.5. The molecule has 1 atom stereocenters. The molecule has 10 aromatic rings. The standard InChI is InChI=1S/C55H32S/c1-2-14-37-33(12-1)26-31-48-53(37)44-18-6-9-21-47(44)55(48)46-20-8-5-17-41(46)42-27-25-35(32-49(42)55)36-29-30-40(39-16-4-3-15-38(36)39)43-28-24-34-13-11-23-51-52(34)54(43)45-19-7-10-22-50(45)56-51/h1-32H. The second-order valence-electron chi connectivity index (χ2n) is 15.5. The summed E-state index contributed by atoms with van der Waals surface area (Å²) in [5.74, 6) is 0. The molecular weight excluding hydrogens is 693 g/mol. The average molecular weight is 725 g/mol. The van der Waals surface area contributed by atoms with Gasteiger partial charge in [-0.1, -0.05) is 188 Å². The summed E-state index contributed by atoms with van der Waals surface area (Å²) in [5.41, 5.74) is 18.2. The third-order valence-corrected chi connectivity index (χ3v) is 14.0. The van der Waals surface area contributed by atoms with Crippen LogP contribution in [0.2, 0.25) is 0 Å². The molecule has 0 nitrogen and oxygen atoms in total. The second kappa shape index (κ2) is 11.2. The molecule has 0 radical (unpaired) electrons. The maximum Gasteiger partial charge on any atom is 0.0725 e. The fourth-order valence-electron chi connectivity index (χ4n) is 10.7. The van der Waals surface area contributed by atoms with Crippen LogP contribution in [0.25, 0.3) is 88.0 Å². The van der Waals surface area contributed by atoms with Crippen LogP contribution in [0.15, 0.2) is 204 Å². The first-order valence-electron chi connectivity index (χ1n) is 19.5. The van der Waals surface area contributed by atoms with Crippen molar-refractivity contribution in [2.45, 2.75) is 15.2 Å². The Balaban J connectivity index is 1.06. The number of rotatable bonds is 2. The molecule has 0 bridgehead atoms. The van der Waals surface area contributed by atoms with Gasteiger partial charge in [0.25, 0.3) is 0 Å². The summed E-state index contributed by atoms with van der Waals surface area (Å²) < 4.78 is 0. The van der Waals surface area contributed by atoms with Crippen LogP contribution in [0.3, 0.4) is 0 Å². The predicted molar refractivity (Wildman–Crippen MR) is 236 cm³/mol. The zero-order valence-electron chi connectivity index (χ0n) is 30.4. The van der Waals surface area contributed by atoms with Crippen LogP contribution in [0.4, 0.5) is 0 Å². The Morgan fingerprint density at radius 1 is 0.304 bits per heavy atom. The van der Waals surface area contributed by atoms with Crippen molar-refractivity contribution < 1.29 is 0 Å². The topological polar surface area (TPSA) is 0 Å². The first-order valence-corrected chi connectivity index (χ1v) is 20.3. The van der Waals surface area contributed by atoms with Gasteiger partial charge < -0.3 is 0 Å². The quantitative estimate of drug-likeness (QED) is 0.171. The van der Waals surface area contributed by atoms with Gasteiger partial charge >= 0.3 is 0 Å². The van der Waals surface area contributed by atoms with Gasteiger partial charge in [-0.05, 0) is 123 Å². The lowest BCUT2D eigenvalue weighted by atomic mass is 9.70. The molecule has 0 saturated heterocycles. The van der Waals surface area contributed by atoms with Crippen LogP contribution in [0, 0.1) is 0 Å². The highest BCUT2D eigenvalue weighted by atomic mass is 32.2. The van der Waals surface area contributed by atoms with Gasteiger partial charge in [0, 0.05) is 15.2 Å². The maximum atomic E-state index is 2.53. The molecule has 0 aromatic heterocycles. The fraction of sp³-hybridized carbons (Fsp3) is 0.0182. The highest BCUT2D eigenvalue weighted by Gasteiger charge is 2.52. The van der Waals surface area contributed by atoms with Crippen molar-refractivity contribution in [3.8, 4) is 55.6 Å². The van der Waals surface area contributed by atoms with Gasteiger partial charge in [-0.2, -0.15) is 0 Å². The number of fused-ring (bicyclic) bond motifs is 15. The molecule has 1 unspecified atom stereocenters. The van der Waals surface area contributed by atoms with Gasteiger partial charge in [0.05, 0.1) is 5.41 Å². The molecule has 0 amide bonds. The summed E-state index contributed by atoms with van der Waals surface area (Å²) in [6, 6.07) is 73.3. The highest BCUT2D eigenvalue weighted by Crippen LogP contribution is 2.64. The normalized spacial score (nSPS) is 15.5. The summed E-state index contributed by atoms with van der Waals surface area (Å²) in [7, 11) is 0. The lowest BCUT2D eigenvalue weighted by molar-refractivity contribution is 0.795. The largest absolute Gasteiger partial charge is 0.0888 e. The summed E-state index contributed by atoms with van der Waals surface area (Å²) in [4.78, 5) is 2.65. The van der Waals surface area contributed by atoms with Crippen molar-refractivity contribution >= 4 is 44.1 Å². The first-order chi connectivity index (χ1) is 27.8. The van der Waals surface area contributed by atoms with Crippen molar-refractivity contribution in [3.05, 3.63) is 216 Å². The van der Waals surface area contributed by atoms with E-state index in [-0.39, 0.29) is 0 Å². The van der Waals surface area contributed by atoms with Crippen molar-refractivity contribution in [3.63, 3.8) is 0 Å². The minimum Gasteiger partial charge on any atom is -0.0888 e. The average Bonchev–Trinajstić information content (AvgIpc) is 3.73. The minimum absolute atomic E-state index is 0.412. The summed E-state index contributed by atoms with van der Waals surface area (Å²) in [6.45, 7) is 0. The molecular formula is C55H32S. The van der Waals surface area contributed by atoms with Crippen molar-refractivity contribution in [1.29, 1.82) is 0 Å².